The van der Waals surface area contributed by atoms with Gasteiger partial charge in [0.05, 0.1) is 6.04 Å². The normalized spacial score (nSPS) is 13.2. The first-order valence-corrected chi connectivity index (χ1v) is 14.3. The zero-order valence-electron chi connectivity index (χ0n) is 25.8. The maximum atomic E-state index is 13.0. The molecule has 1 aromatic carbocycles. The number of benzene rings is 1. The zero-order chi connectivity index (χ0) is 31.1. The van der Waals surface area contributed by atoms with Gasteiger partial charge in [-0.2, -0.15) is 0 Å². The predicted octanol–water partition coefficient (Wildman–Crippen LogP) is 3.23. The Morgan fingerprint density at radius 3 is 2.02 bits per heavy atom. The van der Waals surface area contributed by atoms with Crippen molar-refractivity contribution in [1.82, 2.24) is 20.9 Å². The molecule has 0 bridgehead atoms. The fourth-order valence-electron chi connectivity index (χ4n) is 4.34. The fraction of sp³-hybridized carbons (Fsp3) is 0.633. The molecular weight excluding hydrogens is 526 g/mol. The topological polar surface area (TPSA) is 146 Å². The third-order valence-corrected chi connectivity index (χ3v) is 6.69. The molecule has 0 heterocycles. The third kappa shape index (κ3) is 12.7. The van der Waals surface area contributed by atoms with Crippen LogP contribution in [0.2, 0.25) is 0 Å². The minimum absolute atomic E-state index is 0.0350. The molecule has 0 aliphatic heterocycles. The molecule has 1 rings (SSSR count). The number of likely N-dealkylation sites (N-methyl/N-ethyl adjacent to an activating group) is 1. The number of amides is 4. The second-order valence-corrected chi connectivity index (χ2v) is 11.1. The van der Waals surface area contributed by atoms with Crippen LogP contribution in [0, 0.1) is 11.8 Å². The van der Waals surface area contributed by atoms with Crippen LogP contribution < -0.4 is 21.3 Å². The SMILES string of the molecule is CNCCCCCC(=O)N[C@@H](C)C(=O)Nc1ccc(COC(=O)N(C)[C@H](C(=O)N[C@H](C(C)=O)C(C)C)C(C)C)cc1. The predicted molar refractivity (Wildman–Crippen MR) is 159 cm³/mol. The maximum Gasteiger partial charge on any atom is 0.410 e. The van der Waals surface area contributed by atoms with Gasteiger partial charge in [0.15, 0.2) is 5.78 Å². The highest BCUT2D eigenvalue weighted by molar-refractivity contribution is 5.97. The Hall–Kier alpha value is -3.47. The van der Waals surface area contributed by atoms with Crippen LogP contribution >= 0.6 is 0 Å². The zero-order valence-corrected chi connectivity index (χ0v) is 25.8. The Labute approximate surface area is 244 Å². The van der Waals surface area contributed by atoms with Gasteiger partial charge in [0, 0.05) is 19.2 Å². The molecule has 0 unspecified atom stereocenters. The summed E-state index contributed by atoms with van der Waals surface area (Å²) >= 11 is 0. The van der Waals surface area contributed by atoms with Crippen LogP contribution in [0.4, 0.5) is 10.5 Å². The molecule has 41 heavy (non-hydrogen) atoms. The number of ketones is 1. The van der Waals surface area contributed by atoms with Crippen molar-refractivity contribution in [3.05, 3.63) is 29.8 Å². The number of anilines is 1. The number of nitrogens with zero attached hydrogens (tertiary/aromatic N) is 1. The average molecular weight is 576 g/mol. The van der Waals surface area contributed by atoms with Crippen molar-refractivity contribution in [2.45, 2.75) is 92.0 Å². The number of rotatable bonds is 17. The van der Waals surface area contributed by atoms with Gasteiger partial charge in [-0.1, -0.05) is 46.2 Å². The van der Waals surface area contributed by atoms with Crippen LogP contribution in [0.1, 0.15) is 72.8 Å². The lowest BCUT2D eigenvalue weighted by Gasteiger charge is -2.31. The van der Waals surface area contributed by atoms with Crippen LogP contribution in [0.15, 0.2) is 24.3 Å². The maximum absolute atomic E-state index is 13.0. The fourth-order valence-corrected chi connectivity index (χ4v) is 4.34. The van der Waals surface area contributed by atoms with Crippen LogP contribution in [-0.2, 0) is 30.5 Å². The number of Topliss-reactive ketones (excluding diaryl/α,β-unsaturated/α-hetero) is 1. The Morgan fingerprint density at radius 1 is 0.854 bits per heavy atom. The highest BCUT2D eigenvalue weighted by Gasteiger charge is 2.33. The molecule has 230 valence electrons. The lowest BCUT2D eigenvalue weighted by Crippen LogP contribution is -2.55. The summed E-state index contributed by atoms with van der Waals surface area (Å²) < 4.78 is 5.43. The summed E-state index contributed by atoms with van der Waals surface area (Å²) in [7, 11) is 3.39. The summed E-state index contributed by atoms with van der Waals surface area (Å²) in [4.78, 5) is 63.5. The quantitative estimate of drug-likeness (QED) is 0.209. The van der Waals surface area contributed by atoms with E-state index in [0.29, 0.717) is 17.7 Å². The molecule has 0 radical (unpaired) electrons. The van der Waals surface area contributed by atoms with E-state index in [9.17, 15) is 24.0 Å². The highest BCUT2D eigenvalue weighted by atomic mass is 16.6. The van der Waals surface area contributed by atoms with Crippen LogP contribution in [-0.4, -0.2) is 73.3 Å². The van der Waals surface area contributed by atoms with E-state index in [0.717, 1.165) is 25.8 Å². The van der Waals surface area contributed by atoms with Gasteiger partial charge < -0.3 is 26.0 Å². The van der Waals surface area contributed by atoms with E-state index in [4.69, 9.17) is 4.74 Å². The molecule has 11 nitrogen and oxygen atoms in total. The van der Waals surface area contributed by atoms with Gasteiger partial charge in [-0.05, 0) is 69.8 Å². The summed E-state index contributed by atoms with van der Waals surface area (Å²) in [5, 5.41) is 11.3. The molecule has 4 N–H and O–H groups in total. The molecule has 0 fully saturated rings. The van der Waals surface area contributed by atoms with Crippen LogP contribution in [0.25, 0.3) is 0 Å². The Morgan fingerprint density at radius 2 is 1.49 bits per heavy atom. The molecule has 4 amide bonds. The van der Waals surface area contributed by atoms with Crippen molar-refractivity contribution in [2.75, 3.05) is 26.0 Å². The Balaban J connectivity index is 2.62. The minimum Gasteiger partial charge on any atom is -0.445 e. The largest absolute Gasteiger partial charge is 0.445 e. The van der Waals surface area contributed by atoms with Crippen molar-refractivity contribution in [3.63, 3.8) is 0 Å². The standard InChI is InChI=1S/C30H49N5O6/c1-19(2)26(22(6)36)34-29(39)27(20(3)4)35(8)30(40)41-18-23-13-15-24(16-14-23)33-28(38)21(5)32-25(37)12-10-9-11-17-31-7/h13-16,19-21,26-27,31H,9-12,17-18H2,1-8H3,(H,32,37)(H,33,38)(H,34,39)/t21-,26-,27-/m0/s1. The molecule has 0 aliphatic rings. The van der Waals surface area contributed by atoms with Crippen molar-refractivity contribution in [3.8, 4) is 0 Å². The number of hydrogen-bond acceptors (Lipinski definition) is 7. The first-order chi connectivity index (χ1) is 19.3. The van der Waals surface area contributed by atoms with Gasteiger partial charge in [0.25, 0.3) is 0 Å². The summed E-state index contributed by atoms with van der Waals surface area (Å²) in [6.45, 7) is 11.3. The van der Waals surface area contributed by atoms with E-state index in [1.54, 1.807) is 31.2 Å². The summed E-state index contributed by atoms with van der Waals surface area (Å²) in [6.07, 6.45) is 2.42. The van der Waals surface area contributed by atoms with Gasteiger partial charge in [-0.15, -0.1) is 0 Å². The van der Waals surface area contributed by atoms with E-state index >= 15 is 0 Å². The van der Waals surface area contributed by atoms with E-state index in [1.165, 1.54) is 18.9 Å². The number of carbonyl (C=O) groups is 5. The van der Waals surface area contributed by atoms with E-state index < -0.39 is 30.1 Å². The number of ether oxygens (including phenoxy) is 1. The molecule has 0 aromatic heterocycles. The van der Waals surface area contributed by atoms with Crippen molar-refractivity contribution in [1.29, 1.82) is 0 Å². The van der Waals surface area contributed by atoms with Gasteiger partial charge in [0.1, 0.15) is 18.7 Å². The summed E-state index contributed by atoms with van der Waals surface area (Å²) in [5.41, 5.74) is 1.23. The second kappa shape index (κ2) is 18.1. The molecule has 0 saturated heterocycles. The lowest BCUT2D eigenvalue weighted by atomic mass is 9.97. The molecule has 3 atom stereocenters. The minimum atomic E-state index is -0.818. The lowest BCUT2D eigenvalue weighted by molar-refractivity contribution is -0.131. The second-order valence-electron chi connectivity index (χ2n) is 11.1. The Kier molecular flexibility index (Phi) is 15.7. The third-order valence-electron chi connectivity index (χ3n) is 6.69. The van der Waals surface area contributed by atoms with Crippen LogP contribution in [0.3, 0.4) is 0 Å². The van der Waals surface area contributed by atoms with Crippen molar-refractivity contribution in [2.24, 2.45) is 11.8 Å². The number of hydrogen-bond donors (Lipinski definition) is 4. The van der Waals surface area contributed by atoms with Gasteiger partial charge in [0.2, 0.25) is 17.7 Å². The van der Waals surface area contributed by atoms with E-state index in [1.807, 2.05) is 34.7 Å². The first kappa shape index (κ1) is 35.6. The first-order valence-electron chi connectivity index (χ1n) is 14.3. The van der Waals surface area contributed by atoms with Gasteiger partial charge in [-0.3, -0.25) is 24.1 Å². The highest BCUT2D eigenvalue weighted by Crippen LogP contribution is 2.15. The van der Waals surface area contributed by atoms with Crippen molar-refractivity contribution >= 4 is 35.3 Å². The van der Waals surface area contributed by atoms with Crippen LogP contribution in [0.5, 0.6) is 0 Å². The molecule has 0 saturated carbocycles. The molecule has 1 aromatic rings. The molecule has 0 aliphatic carbocycles. The summed E-state index contributed by atoms with van der Waals surface area (Å²) in [5.74, 6) is -1.35. The van der Waals surface area contributed by atoms with E-state index in [2.05, 4.69) is 21.3 Å². The smallest absolute Gasteiger partial charge is 0.410 e. The van der Waals surface area contributed by atoms with E-state index in [-0.39, 0.29) is 36.0 Å². The number of nitrogens with one attached hydrogen (secondary N) is 4. The summed E-state index contributed by atoms with van der Waals surface area (Å²) in [6, 6.07) is 4.65. The molecule has 0 spiro atoms. The molecule has 11 heteroatoms. The number of unbranched alkanes of at least 4 members (excludes halogenated alkanes) is 2. The molecular formula is C30H49N5O6. The van der Waals surface area contributed by atoms with Crippen molar-refractivity contribution < 1.29 is 28.7 Å². The Bertz CT molecular complexity index is 1010. The average Bonchev–Trinajstić information content (AvgIpc) is 2.90. The monoisotopic (exact) mass is 575 g/mol. The van der Waals surface area contributed by atoms with Gasteiger partial charge in [-0.25, -0.2) is 4.79 Å². The number of carbonyl (C=O) groups excluding carboxylic acids is 5. The van der Waals surface area contributed by atoms with Gasteiger partial charge >= 0.3 is 6.09 Å².